The molecule has 0 saturated carbocycles. The Kier molecular flexibility index (Phi) is 33.6. The van der Waals surface area contributed by atoms with Gasteiger partial charge in [-0.25, -0.2) is 0 Å². The number of rotatable bonds is 22. The van der Waals surface area contributed by atoms with E-state index < -0.39 is 0 Å². The molecule has 0 heterocycles. The van der Waals surface area contributed by atoms with Crippen LogP contribution in [-0.2, 0) is 0 Å². The summed E-state index contributed by atoms with van der Waals surface area (Å²) < 4.78 is 0. The molecule has 0 aliphatic rings. The van der Waals surface area contributed by atoms with Gasteiger partial charge in [0.05, 0.1) is 0 Å². The lowest BCUT2D eigenvalue weighted by atomic mass is 10.0. The van der Waals surface area contributed by atoms with Gasteiger partial charge in [0.1, 0.15) is 0 Å². The summed E-state index contributed by atoms with van der Waals surface area (Å²) in [6.07, 6.45) is 18.9. The molecule has 0 aromatic carbocycles. The van der Waals surface area contributed by atoms with Gasteiger partial charge in [-0.3, -0.25) is 30.3 Å². The van der Waals surface area contributed by atoms with Crippen LogP contribution in [0.1, 0.15) is 157 Å². The predicted octanol–water partition coefficient (Wildman–Crippen LogP) is 9.04. The van der Waals surface area contributed by atoms with Crippen molar-refractivity contribution >= 4 is 0 Å². The largest absolute Gasteiger partial charge is 0.265 e. The van der Waals surface area contributed by atoms with Crippen LogP contribution in [0.5, 0.6) is 0 Å². The van der Waals surface area contributed by atoms with Gasteiger partial charge < -0.3 is 0 Å². The van der Waals surface area contributed by atoms with Crippen molar-refractivity contribution in [2.75, 3.05) is 6.54 Å². The molecule has 9 heteroatoms. The van der Waals surface area contributed by atoms with Gasteiger partial charge in [-0.05, 0) is 32.1 Å². The zero-order valence-corrected chi connectivity index (χ0v) is 24.1. The minimum Gasteiger partial charge on any atom is -0.265 e. The van der Waals surface area contributed by atoms with Gasteiger partial charge in [-0.15, -0.1) is 0 Å². The predicted molar refractivity (Wildman–Crippen MR) is 150 cm³/mol. The number of hydrogen-bond acceptors (Lipinski definition) is 6. The van der Waals surface area contributed by atoms with Crippen LogP contribution in [0.25, 0.3) is 0 Å². The molecule has 0 spiro atoms. The smallest absolute Gasteiger partial charge is 0.213 e. The quantitative estimate of drug-likeness (QED) is 0.0796. The summed E-state index contributed by atoms with van der Waals surface area (Å²) in [5.74, 6) is 0. The maximum atomic E-state index is 10.7. The molecule has 0 aromatic rings. The van der Waals surface area contributed by atoms with Gasteiger partial charge in [-0.1, -0.05) is 92.4 Å². The molecule has 216 valence electrons. The first-order valence-electron chi connectivity index (χ1n) is 14.6. The third-order valence-corrected chi connectivity index (χ3v) is 6.10. The van der Waals surface area contributed by atoms with Crippen LogP contribution in [0.4, 0.5) is 0 Å². The Bertz CT molecular complexity index is 488. The first-order chi connectivity index (χ1) is 17.2. The van der Waals surface area contributed by atoms with Gasteiger partial charge in [0.15, 0.2) is 0 Å². The number of unbranched alkanes of at least 4 members (excludes halogenated alkanes) is 10. The molecular formula is C27H57N3O6. The Balaban J connectivity index is -0.000000460. The fraction of sp³-hybridized carbons (Fsp3) is 1.00. The van der Waals surface area contributed by atoms with Crippen LogP contribution in [0.15, 0.2) is 0 Å². The third kappa shape index (κ3) is 32.2. The number of hydrogen-bond donors (Lipinski definition) is 0. The zero-order valence-electron chi connectivity index (χ0n) is 24.1. The minimum atomic E-state index is -0.287. The molecule has 0 unspecified atom stereocenters. The van der Waals surface area contributed by atoms with Crippen molar-refractivity contribution in [3.05, 3.63) is 30.3 Å². The first-order valence-corrected chi connectivity index (χ1v) is 14.6. The van der Waals surface area contributed by atoms with Crippen LogP contribution in [0.2, 0.25) is 0 Å². The average Bonchev–Trinajstić information content (AvgIpc) is 2.83. The van der Waals surface area contributed by atoms with E-state index in [-0.39, 0.29) is 33.4 Å². The normalized spacial score (nSPS) is 10.4. The summed E-state index contributed by atoms with van der Waals surface area (Å²) in [6.45, 7) is 10.7. The van der Waals surface area contributed by atoms with Crippen molar-refractivity contribution in [1.29, 1.82) is 0 Å². The molecule has 0 fully saturated rings. The van der Waals surface area contributed by atoms with Crippen molar-refractivity contribution in [3.63, 3.8) is 0 Å². The standard InChI is InChI=1S/C11H23NO2.C9H19NO2.C7H15NO2/c1-3-5-7-9-11(12(13)14)10-8-6-4-2;1-3-5-7-9(10(11)12)8-6-4-2;1-2-3-4-5-6-7-8(9)10/h11H,3-10H2,1-2H3;9H,3-8H2,1-2H3;2-7H2,1H3. The second-order valence-electron chi connectivity index (χ2n) is 9.62. The van der Waals surface area contributed by atoms with E-state index in [4.69, 9.17) is 0 Å². The van der Waals surface area contributed by atoms with Gasteiger partial charge in [0, 0.05) is 46.9 Å². The summed E-state index contributed by atoms with van der Waals surface area (Å²) in [5.41, 5.74) is 0. The molecule has 0 aromatic heterocycles. The molecular weight excluding hydrogens is 462 g/mol. The number of nitro groups is 3. The minimum absolute atomic E-state index is 0.0919. The molecule has 0 aliphatic carbocycles. The molecule has 0 amide bonds. The van der Waals surface area contributed by atoms with E-state index in [0.717, 1.165) is 109 Å². The highest BCUT2D eigenvalue weighted by molar-refractivity contribution is 4.58. The maximum Gasteiger partial charge on any atom is 0.213 e. The van der Waals surface area contributed by atoms with Crippen molar-refractivity contribution in [2.45, 2.75) is 169 Å². The van der Waals surface area contributed by atoms with Crippen LogP contribution >= 0.6 is 0 Å². The Morgan fingerprint density at radius 1 is 0.444 bits per heavy atom. The number of nitrogens with zero attached hydrogens (tertiary/aromatic N) is 3. The van der Waals surface area contributed by atoms with E-state index in [1.807, 2.05) is 0 Å². The fourth-order valence-electron chi connectivity index (χ4n) is 3.69. The van der Waals surface area contributed by atoms with Crippen LogP contribution in [0.3, 0.4) is 0 Å². The van der Waals surface area contributed by atoms with E-state index >= 15 is 0 Å². The highest BCUT2D eigenvalue weighted by Crippen LogP contribution is 2.13. The summed E-state index contributed by atoms with van der Waals surface area (Å²) >= 11 is 0. The van der Waals surface area contributed by atoms with Crippen LogP contribution in [-0.4, -0.2) is 33.4 Å². The van der Waals surface area contributed by atoms with Crippen molar-refractivity contribution in [2.24, 2.45) is 0 Å². The molecule has 9 nitrogen and oxygen atoms in total. The van der Waals surface area contributed by atoms with E-state index in [9.17, 15) is 30.3 Å². The first kappa shape index (κ1) is 38.7. The zero-order chi connectivity index (χ0) is 28.0. The summed E-state index contributed by atoms with van der Waals surface area (Å²) in [6, 6.07) is -0.571. The van der Waals surface area contributed by atoms with Crippen LogP contribution in [0, 0.1) is 30.3 Å². The lowest BCUT2D eigenvalue weighted by molar-refractivity contribution is -0.524. The van der Waals surface area contributed by atoms with Gasteiger partial charge in [0.25, 0.3) is 0 Å². The lowest BCUT2D eigenvalue weighted by Gasteiger charge is -2.08. The van der Waals surface area contributed by atoms with Crippen LogP contribution < -0.4 is 0 Å². The Morgan fingerprint density at radius 2 is 0.750 bits per heavy atom. The van der Waals surface area contributed by atoms with E-state index in [0.29, 0.717) is 0 Å². The third-order valence-electron chi connectivity index (χ3n) is 6.10. The maximum absolute atomic E-state index is 10.7. The lowest BCUT2D eigenvalue weighted by Crippen LogP contribution is -2.19. The van der Waals surface area contributed by atoms with E-state index in [2.05, 4.69) is 34.6 Å². The second kappa shape index (κ2) is 31.2. The molecule has 0 saturated heterocycles. The Morgan fingerprint density at radius 3 is 1.06 bits per heavy atom. The SMILES string of the molecule is CCCCC(CCCC)[N+](=O)[O-].CCCCCC(CCCCC)[N+](=O)[O-].CCCCCCC[N+](=O)[O-]. The second-order valence-corrected chi connectivity index (χ2v) is 9.62. The molecule has 0 bridgehead atoms. The highest BCUT2D eigenvalue weighted by atomic mass is 16.6. The molecule has 36 heavy (non-hydrogen) atoms. The molecule has 0 rings (SSSR count). The summed E-state index contributed by atoms with van der Waals surface area (Å²) in [5, 5.41) is 31.0. The topological polar surface area (TPSA) is 129 Å². The monoisotopic (exact) mass is 519 g/mol. The molecule has 0 aliphatic heterocycles. The van der Waals surface area contributed by atoms with E-state index in [1.165, 1.54) is 12.8 Å². The molecule has 0 atom stereocenters. The van der Waals surface area contributed by atoms with E-state index in [1.54, 1.807) is 0 Å². The molecule has 0 N–H and O–H groups in total. The Labute approximate surface area is 220 Å². The Hall–Kier alpha value is -1.80. The van der Waals surface area contributed by atoms with Gasteiger partial charge in [-0.2, -0.15) is 0 Å². The van der Waals surface area contributed by atoms with Crippen molar-refractivity contribution in [3.8, 4) is 0 Å². The highest BCUT2D eigenvalue weighted by Gasteiger charge is 2.18. The van der Waals surface area contributed by atoms with Crippen molar-refractivity contribution < 1.29 is 14.8 Å². The average molecular weight is 520 g/mol. The summed E-state index contributed by atoms with van der Waals surface area (Å²) in [7, 11) is 0. The van der Waals surface area contributed by atoms with Gasteiger partial charge in [0.2, 0.25) is 18.6 Å². The van der Waals surface area contributed by atoms with Gasteiger partial charge >= 0.3 is 0 Å². The van der Waals surface area contributed by atoms with Crippen molar-refractivity contribution in [1.82, 2.24) is 0 Å². The molecule has 0 radical (unpaired) electrons. The fourth-order valence-corrected chi connectivity index (χ4v) is 3.69. The summed E-state index contributed by atoms with van der Waals surface area (Å²) in [4.78, 5) is 30.6.